The normalized spacial score (nSPS) is 15.8. The molecule has 2 aliphatic rings. The highest BCUT2D eigenvalue weighted by molar-refractivity contribution is 7.99. The zero-order valence-corrected chi connectivity index (χ0v) is 19.4. The summed E-state index contributed by atoms with van der Waals surface area (Å²) in [5, 5.41) is 12.7. The maximum Gasteiger partial charge on any atom is 0.234 e. The topological polar surface area (TPSA) is 59.8 Å². The fourth-order valence-electron chi connectivity index (χ4n) is 3.56. The molecule has 0 radical (unpaired) electrons. The van der Waals surface area contributed by atoms with Crippen LogP contribution in [0.2, 0.25) is 0 Å². The van der Waals surface area contributed by atoms with Crippen LogP contribution < -0.4 is 5.32 Å². The van der Waals surface area contributed by atoms with Gasteiger partial charge in [0, 0.05) is 27.4 Å². The van der Waals surface area contributed by atoms with Crippen molar-refractivity contribution in [1.82, 2.24) is 14.8 Å². The molecule has 3 aromatic rings. The van der Waals surface area contributed by atoms with E-state index in [2.05, 4.69) is 64.3 Å². The number of hydrogen-bond acceptors (Lipinski definition) is 5. The van der Waals surface area contributed by atoms with Gasteiger partial charge in [-0.15, -0.1) is 10.2 Å². The number of carbonyl (C=O) groups excluding carboxylic acids is 1. The molecule has 7 heteroatoms. The Hall–Kier alpha value is -2.25. The molecule has 1 aromatic heterocycles. The number of benzene rings is 2. The highest BCUT2D eigenvalue weighted by Crippen LogP contribution is 2.46. The molecule has 0 atom stereocenters. The van der Waals surface area contributed by atoms with Gasteiger partial charge in [0.1, 0.15) is 5.82 Å². The van der Waals surface area contributed by atoms with Gasteiger partial charge >= 0.3 is 0 Å². The van der Waals surface area contributed by atoms with E-state index in [-0.39, 0.29) is 5.91 Å². The molecule has 0 aliphatic heterocycles. The molecular formula is C24H26N4OS2. The number of anilines is 1. The average Bonchev–Trinajstić information content (AvgIpc) is 3.69. The van der Waals surface area contributed by atoms with E-state index in [0.29, 0.717) is 17.7 Å². The van der Waals surface area contributed by atoms with Crippen LogP contribution in [0, 0.1) is 13.8 Å². The highest BCUT2D eigenvalue weighted by Gasteiger charge is 2.36. The Morgan fingerprint density at radius 3 is 2.55 bits per heavy atom. The Kier molecular flexibility index (Phi) is 5.80. The van der Waals surface area contributed by atoms with E-state index in [1.165, 1.54) is 53.5 Å². The first-order valence-corrected chi connectivity index (χ1v) is 12.6. The van der Waals surface area contributed by atoms with E-state index < -0.39 is 0 Å². The number of amides is 1. The fourth-order valence-corrected chi connectivity index (χ4v) is 5.37. The summed E-state index contributed by atoms with van der Waals surface area (Å²) >= 11 is 3.24. The van der Waals surface area contributed by atoms with Crippen molar-refractivity contribution in [3.05, 3.63) is 59.4 Å². The molecule has 0 spiro atoms. The molecule has 5 rings (SSSR count). The zero-order chi connectivity index (χ0) is 21.4. The van der Waals surface area contributed by atoms with Crippen LogP contribution in [0.1, 0.15) is 54.6 Å². The Morgan fingerprint density at radius 1 is 1.06 bits per heavy atom. The number of carbonyl (C=O) groups is 1. The highest BCUT2D eigenvalue weighted by atomic mass is 32.2. The number of aromatic nitrogens is 3. The molecule has 0 bridgehead atoms. The maximum atomic E-state index is 12.5. The SMILES string of the molecule is Cc1ccc(C)c(Sc2ccc(NC(=O)CSc3nnc(C4CC4)n3C3CC3)cc2)c1. The van der Waals surface area contributed by atoms with Crippen molar-refractivity contribution < 1.29 is 4.79 Å². The number of nitrogens with zero attached hydrogens (tertiary/aromatic N) is 3. The molecular weight excluding hydrogens is 424 g/mol. The predicted molar refractivity (Wildman–Crippen MR) is 126 cm³/mol. The number of nitrogens with one attached hydrogen (secondary N) is 1. The Labute approximate surface area is 191 Å². The quantitative estimate of drug-likeness (QED) is 0.427. The largest absolute Gasteiger partial charge is 0.325 e. The third-order valence-electron chi connectivity index (χ3n) is 5.59. The van der Waals surface area contributed by atoms with Crippen molar-refractivity contribution in [2.24, 2.45) is 0 Å². The summed E-state index contributed by atoms with van der Waals surface area (Å²) in [7, 11) is 0. The molecule has 2 fully saturated rings. The predicted octanol–water partition coefficient (Wildman–Crippen LogP) is 5.99. The van der Waals surface area contributed by atoms with Crippen molar-refractivity contribution in [2.45, 2.75) is 66.4 Å². The first kappa shape index (κ1) is 20.6. The lowest BCUT2D eigenvalue weighted by molar-refractivity contribution is -0.113. The Morgan fingerprint density at radius 2 is 1.84 bits per heavy atom. The molecule has 1 amide bonds. The first-order chi connectivity index (χ1) is 15.1. The standard InChI is InChI=1S/C24H26N4OS2/c1-15-3-4-16(2)21(13-15)31-20-11-7-18(8-12-20)25-22(29)14-30-24-27-26-23(17-5-6-17)28(24)19-9-10-19/h3-4,7-8,11-13,17,19H,5-6,9-10,14H2,1-2H3,(H,25,29). The molecule has 1 heterocycles. The van der Waals surface area contributed by atoms with Crippen molar-refractivity contribution >= 4 is 35.1 Å². The second-order valence-electron chi connectivity index (χ2n) is 8.45. The molecule has 2 aliphatic carbocycles. The summed E-state index contributed by atoms with van der Waals surface area (Å²) in [5.74, 6) is 2.03. The van der Waals surface area contributed by atoms with E-state index in [1.807, 2.05) is 12.1 Å². The van der Waals surface area contributed by atoms with Crippen LogP contribution in [-0.4, -0.2) is 26.4 Å². The molecule has 5 nitrogen and oxygen atoms in total. The van der Waals surface area contributed by atoms with Gasteiger partial charge in [0.25, 0.3) is 0 Å². The molecule has 1 N–H and O–H groups in total. The summed E-state index contributed by atoms with van der Waals surface area (Å²) in [6.07, 6.45) is 4.83. The summed E-state index contributed by atoms with van der Waals surface area (Å²) in [4.78, 5) is 14.9. The van der Waals surface area contributed by atoms with E-state index in [9.17, 15) is 4.79 Å². The van der Waals surface area contributed by atoms with Crippen molar-refractivity contribution in [2.75, 3.05) is 11.1 Å². The third-order valence-corrected chi connectivity index (χ3v) is 7.70. The lowest BCUT2D eigenvalue weighted by atomic mass is 10.2. The van der Waals surface area contributed by atoms with Gasteiger partial charge in [0.15, 0.2) is 5.16 Å². The van der Waals surface area contributed by atoms with Crippen LogP contribution in [0.5, 0.6) is 0 Å². The van der Waals surface area contributed by atoms with Crippen LogP contribution in [0.4, 0.5) is 5.69 Å². The van der Waals surface area contributed by atoms with E-state index in [1.54, 1.807) is 11.8 Å². The Bertz CT molecular complexity index is 1100. The van der Waals surface area contributed by atoms with Gasteiger partial charge in [-0.05, 0) is 81.0 Å². The summed E-state index contributed by atoms with van der Waals surface area (Å²) in [6, 6.07) is 15.1. The average molecular weight is 451 g/mol. The molecule has 31 heavy (non-hydrogen) atoms. The number of aryl methyl sites for hydroxylation is 2. The minimum Gasteiger partial charge on any atom is -0.325 e. The van der Waals surface area contributed by atoms with E-state index in [4.69, 9.17) is 0 Å². The lowest BCUT2D eigenvalue weighted by Gasteiger charge is -2.09. The van der Waals surface area contributed by atoms with Gasteiger partial charge in [-0.3, -0.25) is 4.79 Å². The molecule has 2 saturated carbocycles. The first-order valence-electron chi connectivity index (χ1n) is 10.8. The van der Waals surface area contributed by atoms with Gasteiger partial charge in [0.05, 0.1) is 5.75 Å². The van der Waals surface area contributed by atoms with Gasteiger partial charge in [-0.1, -0.05) is 35.7 Å². The minimum absolute atomic E-state index is 0.0155. The number of hydrogen-bond donors (Lipinski definition) is 1. The van der Waals surface area contributed by atoms with Gasteiger partial charge in [0.2, 0.25) is 5.91 Å². The van der Waals surface area contributed by atoms with Gasteiger partial charge in [-0.2, -0.15) is 0 Å². The smallest absolute Gasteiger partial charge is 0.234 e. The van der Waals surface area contributed by atoms with E-state index in [0.717, 1.165) is 21.6 Å². The van der Waals surface area contributed by atoms with Crippen LogP contribution >= 0.6 is 23.5 Å². The van der Waals surface area contributed by atoms with Gasteiger partial charge < -0.3 is 9.88 Å². The lowest BCUT2D eigenvalue weighted by Crippen LogP contribution is -2.14. The van der Waals surface area contributed by atoms with Crippen LogP contribution in [0.25, 0.3) is 0 Å². The van der Waals surface area contributed by atoms with Crippen molar-refractivity contribution in [1.29, 1.82) is 0 Å². The fraction of sp³-hybridized carbons (Fsp3) is 0.375. The maximum absolute atomic E-state index is 12.5. The van der Waals surface area contributed by atoms with Crippen LogP contribution in [0.3, 0.4) is 0 Å². The molecule has 0 saturated heterocycles. The van der Waals surface area contributed by atoms with Crippen LogP contribution in [-0.2, 0) is 4.79 Å². The second-order valence-corrected chi connectivity index (χ2v) is 10.5. The number of thioether (sulfide) groups is 1. The van der Waals surface area contributed by atoms with Gasteiger partial charge in [-0.25, -0.2) is 0 Å². The van der Waals surface area contributed by atoms with Crippen LogP contribution in [0.15, 0.2) is 57.4 Å². The number of rotatable bonds is 8. The monoisotopic (exact) mass is 450 g/mol. The summed E-state index contributed by atoms with van der Waals surface area (Å²) in [6.45, 7) is 4.24. The summed E-state index contributed by atoms with van der Waals surface area (Å²) in [5.41, 5.74) is 3.35. The molecule has 2 aromatic carbocycles. The van der Waals surface area contributed by atoms with Crippen molar-refractivity contribution in [3.63, 3.8) is 0 Å². The van der Waals surface area contributed by atoms with E-state index >= 15 is 0 Å². The zero-order valence-electron chi connectivity index (χ0n) is 17.8. The third kappa shape index (κ3) is 4.99. The minimum atomic E-state index is -0.0155. The molecule has 0 unspecified atom stereocenters. The molecule has 160 valence electrons. The summed E-state index contributed by atoms with van der Waals surface area (Å²) < 4.78 is 2.29. The van der Waals surface area contributed by atoms with Crippen molar-refractivity contribution in [3.8, 4) is 0 Å². The second kappa shape index (κ2) is 8.71. The Balaban J connectivity index is 1.17.